The number of benzene rings is 2. The van der Waals surface area contributed by atoms with Crippen molar-refractivity contribution in [3.63, 3.8) is 0 Å². The Morgan fingerprint density at radius 1 is 0.750 bits per heavy atom. The maximum absolute atomic E-state index is 6.44. The molecule has 0 unspecified atom stereocenters. The van der Waals surface area contributed by atoms with Gasteiger partial charge >= 0.3 is 126 Å². The molecule has 0 aromatic heterocycles. The Balaban J connectivity index is 2.06. The van der Waals surface area contributed by atoms with Crippen LogP contribution in [-0.4, -0.2) is 32.4 Å². The zero-order valence-corrected chi connectivity index (χ0v) is 14.9. The van der Waals surface area contributed by atoms with Gasteiger partial charge in [0.1, 0.15) is 0 Å². The van der Waals surface area contributed by atoms with Crippen molar-refractivity contribution in [1.82, 2.24) is 0 Å². The second kappa shape index (κ2) is 5.51. The van der Waals surface area contributed by atoms with E-state index in [1.807, 2.05) is 12.1 Å². The molecule has 3 rings (SSSR count). The topological polar surface area (TPSA) is 18.5 Å². The fraction of sp³-hybridized carbons (Fsp3) is 0.294. The Morgan fingerprint density at radius 2 is 1.15 bits per heavy atom. The fourth-order valence-electron chi connectivity index (χ4n) is 2.49. The molecule has 104 valence electrons. The summed E-state index contributed by atoms with van der Waals surface area (Å²) in [6.45, 7) is 5.93. The van der Waals surface area contributed by atoms with Crippen LogP contribution in [0.1, 0.15) is 13.8 Å². The first-order valence-corrected chi connectivity index (χ1v) is 12.2. The van der Waals surface area contributed by atoms with Crippen LogP contribution in [0.2, 0.25) is 0 Å². The number of rotatable bonds is 2. The average Bonchev–Trinajstić information content (AvgIpc) is 2.50. The first kappa shape index (κ1) is 14.1. The molecule has 2 aromatic rings. The Bertz CT molecular complexity index is 515. The van der Waals surface area contributed by atoms with E-state index < -0.39 is 19.2 Å². The molecule has 0 aliphatic carbocycles. The Kier molecular flexibility index (Phi) is 3.89. The third kappa shape index (κ3) is 2.64. The van der Waals surface area contributed by atoms with Gasteiger partial charge in [0.25, 0.3) is 0 Å². The zero-order chi connectivity index (χ0) is 14.1. The van der Waals surface area contributed by atoms with Gasteiger partial charge < -0.3 is 0 Å². The minimum absolute atomic E-state index is 0.101. The summed E-state index contributed by atoms with van der Waals surface area (Å²) in [5.74, 6) is 0. The molecule has 0 radical (unpaired) electrons. The van der Waals surface area contributed by atoms with Gasteiger partial charge in [-0.25, -0.2) is 0 Å². The van der Waals surface area contributed by atoms with Crippen LogP contribution >= 0.6 is 0 Å². The number of hydrogen-bond acceptors (Lipinski definition) is 2. The summed E-state index contributed by atoms with van der Waals surface area (Å²) in [7, 11) is 0. The van der Waals surface area contributed by atoms with Gasteiger partial charge in [0.2, 0.25) is 0 Å². The second-order valence-corrected chi connectivity index (χ2v) is 14.6. The molecular weight excluding hydrogens is 355 g/mol. The van der Waals surface area contributed by atoms with E-state index in [1.54, 1.807) is 0 Å². The van der Waals surface area contributed by atoms with E-state index in [2.05, 4.69) is 62.4 Å². The van der Waals surface area contributed by atoms with Crippen molar-refractivity contribution in [2.45, 2.75) is 13.8 Å². The van der Waals surface area contributed by atoms with Gasteiger partial charge in [-0.2, -0.15) is 0 Å². The average molecular weight is 375 g/mol. The second-order valence-electron chi connectivity index (χ2n) is 6.09. The monoisotopic (exact) mass is 376 g/mol. The molecule has 1 aliphatic rings. The van der Waals surface area contributed by atoms with Gasteiger partial charge in [0.15, 0.2) is 0 Å². The van der Waals surface area contributed by atoms with Crippen LogP contribution in [0.5, 0.6) is 0 Å². The quantitative estimate of drug-likeness (QED) is 0.751. The third-order valence-electron chi connectivity index (χ3n) is 3.64. The Labute approximate surface area is 125 Å². The molecule has 1 fully saturated rings. The molecule has 0 bridgehead atoms. The summed E-state index contributed by atoms with van der Waals surface area (Å²) in [6, 6.07) is 21.0. The minimum atomic E-state index is -3.42. The molecule has 1 aliphatic heterocycles. The summed E-state index contributed by atoms with van der Waals surface area (Å²) in [6.07, 6.45) is 0. The SMILES string of the molecule is CC1(C)C[O][Sn]([c]2ccccc2)([c]2ccccc2)[O]C1. The summed E-state index contributed by atoms with van der Waals surface area (Å²) < 4.78 is 15.4. The maximum atomic E-state index is 6.44. The molecule has 2 nitrogen and oxygen atoms in total. The van der Waals surface area contributed by atoms with Crippen LogP contribution in [0, 0.1) is 5.41 Å². The summed E-state index contributed by atoms with van der Waals surface area (Å²) in [4.78, 5) is 0. The Hall–Kier alpha value is -0.841. The fourth-order valence-corrected chi connectivity index (χ4v) is 12.6. The van der Waals surface area contributed by atoms with E-state index in [9.17, 15) is 0 Å². The molecular formula is C17H20O2Sn. The summed E-state index contributed by atoms with van der Waals surface area (Å²) in [5, 5.41) is 0. The Morgan fingerprint density at radius 3 is 1.55 bits per heavy atom. The first-order chi connectivity index (χ1) is 9.62. The van der Waals surface area contributed by atoms with Gasteiger partial charge in [0, 0.05) is 0 Å². The van der Waals surface area contributed by atoms with E-state index in [0.29, 0.717) is 0 Å². The van der Waals surface area contributed by atoms with E-state index >= 15 is 0 Å². The van der Waals surface area contributed by atoms with Gasteiger partial charge in [-0.3, -0.25) is 0 Å². The van der Waals surface area contributed by atoms with Crippen LogP contribution < -0.4 is 7.16 Å². The predicted molar refractivity (Wildman–Crippen MR) is 83.6 cm³/mol. The van der Waals surface area contributed by atoms with Crippen LogP contribution in [0.15, 0.2) is 60.7 Å². The molecule has 1 saturated heterocycles. The van der Waals surface area contributed by atoms with Crippen molar-refractivity contribution in [3.8, 4) is 0 Å². The van der Waals surface area contributed by atoms with E-state index in [0.717, 1.165) is 13.2 Å². The van der Waals surface area contributed by atoms with E-state index in [1.165, 1.54) is 7.16 Å². The van der Waals surface area contributed by atoms with Crippen LogP contribution in [0.25, 0.3) is 0 Å². The van der Waals surface area contributed by atoms with Gasteiger partial charge in [-0.05, 0) is 0 Å². The van der Waals surface area contributed by atoms with Crippen molar-refractivity contribution in [2.24, 2.45) is 5.41 Å². The summed E-state index contributed by atoms with van der Waals surface area (Å²) >= 11 is -3.42. The zero-order valence-electron chi connectivity index (χ0n) is 12.0. The molecule has 0 spiro atoms. The van der Waals surface area contributed by atoms with Crippen molar-refractivity contribution in [2.75, 3.05) is 13.2 Å². The van der Waals surface area contributed by atoms with Crippen molar-refractivity contribution in [3.05, 3.63) is 60.7 Å². The van der Waals surface area contributed by atoms with Crippen LogP contribution in [0.4, 0.5) is 0 Å². The molecule has 0 N–H and O–H groups in total. The molecule has 1 heterocycles. The number of hydrogen-bond donors (Lipinski definition) is 0. The van der Waals surface area contributed by atoms with E-state index in [-0.39, 0.29) is 5.41 Å². The van der Waals surface area contributed by atoms with Crippen molar-refractivity contribution >= 4 is 26.4 Å². The van der Waals surface area contributed by atoms with Crippen molar-refractivity contribution in [1.29, 1.82) is 0 Å². The van der Waals surface area contributed by atoms with Crippen molar-refractivity contribution < 1.29 is 6.15 Å². The van der Waals surface area contributed by atoms with Crippen LogP contribution in [-0.2, 0) is 6.15 Å². The molecule has 0 amide bonds. The normalized spacial score (nSPS) is 20.5. The summed E-state index contributed by atoms with van der Waals surface area (Å²) in [5.41, 5.74) is 0.101. The molecule has 0 saturated carbocycles. The molecule has 0 atom stereocenters. The van der Waals surface area contributed by atoms with Gasteiger partial charge in [-0.15, -0.1) is 0 Å². The van der Waals surface area contributed by atoms with Crippen LogP contribution in [0.3, 0.4) is 0 Å². The molecule has 3 heteroatoms. The predicted octanol–water partition coefficient (Wildman–Crippen LogP) is 2.32. The van der Waals surface area contributed by atoms with Gasteiger partial charge in [0.05, 0.1) is 0 Å². The van der Waals surface area contributed by atoms with E-state index in [4.69, 9.17) is 6.15 Å². The molecule has 2 aromatic carbocycles. The third-order valence-corrected chi connectivity index (χ3v) is 13.0. The first-order valence-electron chi connectivity index (χ1n) is 7.01. The van der Waals surface area contributed by atoms with Gasteiger partial charge in [-0.1, -0.05) is 0 Å². The standard InChI is InChI=1S/2C6H5.C5H10O2.Sn/c2*1-2-4-6-5-3-1;1-5(2,3-6)4-7;/h2*1-5H;3-4H2,1-2H3;/q;;-2;+2. The molecule has 20 heavy (non-hydrogen) atoms.